The molecular formula is C23H30O6. The van der Waals surface area contributed by atoms with Crippen LogP contribution in [0.1, 0.15) is 23.7 Å². The molecule has 0 radical (unpaired) electrons. The van der Waals surface area contributed by atoms with Crippen molar-refractivity contribution < 1.29 is 28.8 Å². The van der Waals surface area contributed by atoms with E-state index in [-0.39, 0.29) is 5.92 Å². The lowest BCUT2D eigenvalue weighted by molar-refractivity contribution is 0.0486. The maximum atomic E-state index is 10.9. The molecule has 6 heteroatoms. The topological polar surface area (TPSA) is 66.4 Å². The summed E-state index contributed by atoms with van der Waals surface area (Å²) in [6, 6.07) is 11.2. The van der Waals surface area contributed by atoms with Crippen molar-refractivity contribution in [1.29, 1.82) is 0 Å². The highest BCUT2D eigenvalue weighted by Crippen LogP contribution is 2.34. The largest absolute Gasteiger partial charge is 0.493 e. The molecule has 0 aliphatic carbocycles. The number of ether oxygens (including phenoxy) is 5. The van der Waals surface area contributed by atoms with Crippen molar-refractivity contribution in [2.24, 2.45) is 5.92 Å². The van der Waals surface area contributed by atoms with Gasteiger partial charge in [0.1, 0.15) is 0 Å². The minimum absolute atomic E-state index is 0.116. The van der Waals surface area contributed by atoms with Crippen LogP contribution in [-0.2, 0) is 4.74 Å². The van der Waals surface area contributed by atoms with E-state index in [0.29, 0.717) is 36.0 Å². The second-order valence-corrected chi connectivity index (χ2v) is 6.53. The Balaban J connectivity index is 2.14. The third-order valence-corrected chi connectivity index (χ3v) is 4.73. The molecule has 0 heterocycles. The minimum Gasteiger partial charge on any atom is -0.493 e. The molecule has 1 N–H and O–H groups in total. The average Bonchev–Trinajstić information content (AvgIpc) is 2.77. The fourth-order valence-corrected chi connectivity index (χ4v) is 3.15. The molecule has 0 amide bonds. The Morgan fingerprint density at radius 1 is 0.793 bits per heavy atom. The molecule has 2 atom stereocenters. The highest BCUT2D eigenvalue weighted by atomic mass is 16.5. The molecule has 0 saturated carbocycles. The summed E-state index contributed by atoms with van der Waals surface area (Å²) in [7, 11) is 8.01. The molecular weight excluding hydrogens is 372 g/mol. The van der Waals surface area contributed by atoms with Gasteiger partial charge >= 0.3 is 0 Å². The van der Waals surface area contributed by atoms with Crippen LogP contribution >= 0.6 is 0 Å². The molecule has 0 aliphatic rings. The van der Waals surface area contributed by atoms with Gasteiger partial charge in [-0.1, -0.05) is 24.3 Å². The monoisotopic (exact) mass is 402 g/mol. The van der Waals surface area contributed by atoms with Crippen molar-refractivity contribution in [3.05, 3.63) is 53.6 Å². The third-order valence-electron chi connectivity index (χ3n) is 4.73. The number of benzene rings is 2. The van der Waals surface area contributed by atoms with Gasteiger partial charge in [-0.2, -0.15) is 0 Å². The van der Waals surface area contributed by atoms with E-state index in [4.69, 9.17) is 23.7 Å². The number of allylic oxidation sites excluding steroid dienone is 1. The van der Waals surface area contributed by atoms with Crippen LogP contribution in [0.4, 0.5) is 0 Å². The van der Waals surface area contributed by atoms with Gasteiger partial charge in [-0.3, -0.25) is 0 Å². The van der Waals surface area contributed by atoms with Gasteiger partial charge in [0.05, 0.1) is 41.2 Å². The molecule has 6 nitrogen and oxygen atoms in total. The summed E-state index contributed by atoms with van der Waals surface area (Å²) in [5.41, 5.74) is 1.74. The van der Waals surface area contributed by atoms with Crippen LogP contribution in [0.3, 0.4) is 0 Å². The van der Waals surface area contributed by atoms with Crippen molar-refractivity contribution in [3.8, 4) is 23.0 Å². The van der Waals surface area contributed by atoms with Gasteiger partial charge in [-0.15, -0.1) is 0 Å². The molecule has 0 aliphatic heterocycles. The van der Waals surface area contributed by atoms with Gasteiger partial charge in [-0.25, -0.2) is 0 Å². The first kappa shape index (κ1) is 22.6. The summed E-state index contributed by atoms with van der Waals surface area (Å²) in [5, 5.41) is 10.9. The van der Waals surface area contributed by atoms with Gasteiger partial charge in [0.15, 0.2) is 23.0 Å². The minimum atomic E-state index is -0.704. The van der Waals surface area contributed by atoms with Crippen LogP contribution in [0.5, 0.6) is 23.0 Å². The Kier molecular flexibility index (Phi) is 8.83. The van der Waals surface area contributed by atoms with E-state index < -0.39 is 6.10 Å². The van der Waals surface area contributed by atoms with Gasteiger partial charge in [-0.05, 0) is 41.8 Å². The second-order valence-electron chi connectivity index (χ2n) is 6.53. The number of rotatable bonds is 11. The van der Waals surface area contributed by atoms with E-state index in [9.17, 15) is 5.11 Å². The SMILES string of the molecule is COC[C@@H](C/C=C/c1ccc(OC)c(OC)c1)[C@@H](O)c1ccc(OC)c(OC)c1. The summed E-state index contributed by atoms with van der Waals surface area (Å²) < 4.78 is 26.5. The summed E-state index contributed by atoms with van der Waals surface area (Å²) in [4.78, 5) is 0. The molecule has 0 aromatic heterocycles. The first-order valence-electron chi connectivity index (χ1n) is 9.35. The lowest BCUT2D eigenvalue weighted by Gasteiger charge is -2.22. The molecule has 29 heavy (non-hydrogen) atoms. The summed E-state index contributed by atoms with van der Waals surface area (Å²) >= 11 is 0. The lowest BCUT2D eigenvalue weighted by atomic mass is 9.92. The molecule has 0 unspecified atom stereocenters. The molecule has 2 aromatic carbocycles. The van der Waals surface area contributed by atoms with Crippen molar-refractivity contribution in [3.63, 3.8) is 0 Å². The van der Waals surface area contributed by atoms with Crippen LogP contribution in [0.2, 0.25) is 0 Å². The van der Waals surface area contributed by atoms with Crippen molar-refractivity contribution in [2.75, 3.05) is 42.2 Å². The molecule has 0 fully saturated rings. The Labute approximate surface area is 172 Å². The maximum Gasteiger partial charge on any atom is 0.161 e. The first-order valence-corrected chi connectivity index (χ1v) is 9.35. The zero-order valence-electron chi connectivity index (χ0n) is 17.7. The zero-order chi connectivity index (χ0) is 21.2. The predicted octanol–water partition coefficient (Wildman–Crippen LogP) is 4.12. The number of hydrogen-bond acceptors (Lipinski definition) is 6. The van der Waals surface area contributed by atoms with Crippen LogP contribution in [0.25, 0.3) is 6.08 Å². The highest BCUT2D eigenvalue weighted by molar-refractivity contribution is 5.56. The Bertz CT molecular complexity index is 802. The molecule has 0 spiro atoms. The van der Waals surface area contributed by atoms with Gasteiger partial charge in [0.2, 0.25) is 0 Å². The van der Waals surface area contributed by atoms with E-state index in [2.05, 4.69) is 0 Å². The molecule has 2 aromatic rings. The molecule has 2 rings (SSSR count). The smallest absolute Gasteiger partial charge is 0.161 e. The number of aliphatic hydroxyl groups is 1. The van der Waals surface area contributed by atoms with Crippen LogP contribution in [-0.4, -0.2) is 47.3 Å². The average molecular weight is 402 g/mol. The number of methoxy groups -OCH3 is 5. The van der Waals surface area contributed by atoms with E-state index in [0.717, 1.165) is 11.1 Å². The van der Waals surface area contributed by atoms with Crippen molar-refractivity contribution >= 4 is 6.08 Å². The Morgan fingerprint density at radius 2 is 1.38 bits per heavy atom. The van der Waals surface area contributed by atoms with Crippen LogP contribution in [0.15, 0.2) is 42.5 Å². The fourth-order valence-electron chi connectivity index (χ4n) is 3.15. The summed E-state index contributed by atoms with van der Waals surface area (Å²) in [6.07, 6.45) is 3.95. The molecule has 0 saturated heterocycles. The quantitative estimate of drug-likeness (QED) is 0.610. The third kappa shape index (κ3) is 5.89. The lowest BCUT2D eigenvalue weighted by Crippen LogP contribution is -2.17. The van der Waals surface area contributed by atoms with Crippen molar-refractivity contribution in [1.82, 2.24) is 0 Å². The molecule has 0 bridgehead atoms. The van der Waals surface area contributed by atoms with E-state index in [1.54, 1.807) is 47.7 Å². The van der Waals surface area contributed by atoms with E-state index in [1.807, 2.05) is 36.4 Å². The fraction of sp³-hybridized carbons (Fsp3) is 0.391. The van der Waals surface area contributed by atoms with Gasteiger partial charge < -0.3 is 28.8 Å². The summed E-state index contributed by atoms with van der Waals surface area (Å²) in [6.45, 7) is 0.422. The Morgan fingerprint density at radius 3 is 1.97 bits per heavy atom. The van der Waals surface area contributed by atoms with E-state index in [1.165, 1.54) is 0 Å². The molecule has 158 valence electrons. The zero-order valence-corrected chi connectivity index (χ0v) is 17.7. The van der Waals surface area contributed by atoms with Gasteiger partial charge in [0, 0.05) is 13.0 Å². The second kappa shape index (κ2) is 11.3. The van der Waals surface area contributed by atoms with Crippen molar-refractivity contribution in [2.45, 2.75) is 12.5 Å². The first-order chi connectivity index (χ1) is 14.1. The normalized spacial score (nSPS) is 13.2. The number of aliphatic hydroxyl groups excluding tert-OH is 1. The summed E-state index contributed by atoms with van der Waals surface area (Å²) in [5.74, 6) is 2.45. The number of hydrogen-bond donors (Lipinski definition) is 1. The van der Waals surface area contributed by atoms with Crippen LogP contribution in [0, 0.1) is 5.92 Å². The Hall–Kier alpha value is -2.70. The standard InChI is InChI=1S/C23H30O6/c1-25-15-18(23(24)17-10-12-20(27-3)22(14-17)29-5)8-6-7-16-9-11-19(26-2)21(13-16)28-4/h6-7,9-14,18,23-24H,8,15H2,1-5H3/b7-6+/t18-,23+/m1/s1. The highest BCUT2D eigenvalue weighted by Gasteiger charge is 2.21. The van der Waals surface area contributed by atoms with Gasteiger partial charge in [0.25, 0.3) is 0 Å². The predicted molar refractivity (Wildman–Crippen MR) is 113 cm³/mol. The van der Waals surface area contributed by atoms with Crippen LogP contribution < -0.4 is 18.9 Å². The maximum absolute atomic E-state index is 10.9. The van der Waals surface area contributed by atoms with E-state index >= 15 is 0 Å².